The molecule has 29 heavy (non-hydrogen) atoms. The Bertz CT molecular complexity index is 939. The van der Waals surface area contributed by atoms with Crippen LogP contribution in [0.1, 0.15) is 56.0 Å². The molecule has 1 aliphatic heterocycles. The van der Waals surface area contributed by atoms with Gasteiger partial charge in [-0.2, -0.15) is 0 Å². The first-order valence-electron chi connectivity index (χ1n) is 10.4. The fourth-order valence-electron chi connectivity index (χ4n) is 3.85. The van der Waals surface area contributed by atoms with E-state index < -0.39 is 6.10 Å². The minimum Gasteiger partial charge on any atom is -0.481 e. The van der Waals surface area contributed by atoms with Crippen molar-refractivity contribution < 1.29 is 9.53 Å². The minimum absolute atomic E-state index is 0.0701. The number of benzene rings is 2. The second-order valence-electron chi connectivity index (χ2n) is 8.10. The Hall–Kier alpha value is -2.40. The Morgan fingerprint density at radius 1 is 1.07 bits per heavy atom. The number of hydrogen-bond acceptors (Lipinski definition) is 4. The average molecular weight is 409 g/mol. The van der Waals surface area contributed by atoms with Gasteiger partial charge < -0.3 is 9.64 Å². The molecule has 2 heterocycles. The standard InChI is InChI=1S/C24H28N2O2S/c1-16(2)18-8-10-20(11-9-18)28-17(3)24(27)26-14-12-19(13-15-26)23-25-21-6-4-5-7-22(21)29-23/h4-11,16-17,19H,12-15H2,1-3H3. The van der Waals surface area contributed by atoms with Gasteiger partial charge in [0.05, 0.1) is 15.2 Å². The zero-order chi connectivity index (χ0) is 20.4. The first-order valence-corrected chi connectivity index (χ1v) is 11.2. The molecule has 0 spiro atoms. The van der Waals surface area contributed by atoms with E-state index in [1.165, 1.54) is 15.3 Å². The van der Waals surface area contributed by atoms with Crippen molar-refractivity contribution in [2.75, 3.05) is 13.1 Å². The third kappa shape index (κ3) is 4.45. The van der Waals surface area contributed by atoms with Gasteiger partial charge in [-0.25, -0.2) is 4.98 Å². The van der Waals surface area contributed by atoms with Gasteiger partial charge in [0, 0.05) is 19.0 Å². The molecule has 1 amide bonds. The molecule has 3 aromatic rings. The van der Waals surface area contributed by atoms with Gasteiger partial charge in [0.2, 0.25) is 0 Å². The highest BCUT2D eigenvalue weighted by Crippen LogP contribution is 2.34. The lowest BCUT2D eigenvalue weighted by Crippen LogP contribution is -2.44. The van der Waals surface area contributed by atoms with E-state index in [-0.39, 0.29) is 5.91 Å². The highest BCUT2D eigenvalue weighted by molar-refractivity contribution is 7.18. The molecule has 1 fully saturated rings. The summed E-state index contributed by atoms with van der Waals surface area (Å²) in [4.78, 5) is 19.6. The highest BCUT2D eigenvalue weighted by Gasteiger charge is 2.29. The number of piperidine rings is 1. The first-order chi connectivity index (χ1) is 14.0. The van der Waals surface area contributed by atoms with Gasteiger partial charge in [0.25, 0.3) is 5.91 Å². The van der Waals surface area contributed by atoms with Crippen LogP contribution in [0.2, 0.25) is 0 Å². The smallest absolute Gasteiger partial charge is 0.263 e. The van der Waals surface area contributed by atoms with Crippen LogP contribution >= 0.6 is 11.3 Å². The fraction of sp³-hybridized carbons (Fsp3) is 0.417. The number of fused-ring (bicyclic) bond motifs is 1. The molecule has 0 bridgehead atoms. The zero-order valence-electron chi connectivity index (χ0n) is 17.3. The Morgan fingerprint density at radius 3 is 2.41 bits per heavy atom. The van der Waals surface area contributed by atoms with Crippen LogP contribution in [0.5, 0.6) is 5.75 Å². The van der Waals surface area contributed by atoms with Gasteiger partial charge in [-0.05, 0) is 55.5 Å². The normalized spacial score (nSPS) is 16.3. The lowest BCUT2D eigenvalue weighted by Gasteiger charge is -2.32. The molecule has 2 aromatic carbocycles. The van der Waals surface area contributed by atoms with Gasteiger partial charge in [-0.1, -0.05) is 38.1 Å². The molecule has 0 radical (unpaired) electrons. The van der Waals surface area contributed by atoms with Gasteiger partial charge in [0.15, 0.2) is 6.10 Å². The van der Waals surface area contributed by atoms with E-state index in [0.717, 1.165) is 37.2 Å². The van der Waals surface area contributed by atoms with E-state index in [9.17, 15) is 4.79 Å². The number of hydrogen-bond donors (Lipinski definition) is 0. The quantitative estimate of drug-likeness (QED) is 0.552. The van der Waals surface area contributed by atoms with Crippen LogP contribution in [-0.4, -0.2) is 35.0 Å². The third-order valence-corrected chi connectivity index (χ3v) is 6.87. The van der Waals surface area contributed by atoms with E-state index >= 15 is 0 Å². The molecule has 1 aliphatic rings. The second kappa shape index (κ2) is 8.54. The number of para-hydroxylation sites is 1. The lowest BCUT2D eigenvalue weighted by atomic mass is 9.97. The van der Waals surface area contributed by atoms with Crippen molar-refractivity contribution in [3.63, 3.8) is 0 Å². The number of carbonyl (C=O) groups is 1. The summed E-state index contributed by atoms with van der Waals surface area (Å²) in [6.07, 6.45) is 1.45. The molecule has 4 rings (SSSR count). The maximum absolute atomic E-state index is 12.8. The summed E-state index contributed by atoms with van der Waals surface area (Å²) in [5, 5.41) is 1.20. The van der Waals surface area contributed by atoms with Crippen molar-refractivity contribution in [3.05, 3.63) is 59.1 Å². The van der Waals surface area contributed by atoms with Crippen molar-refractivity contribution in [3.8, 4) is 5.75 Å². The maximum Gasteiger partial charge on any atom is 0.263 e. The molecule has 1 atom stereocenters. The highest BCUT2D eigenvalue weighted by atomic mass is 32.1. The van der Waals surface area contributed by atoms with Crippen LogP contribution in [0.15, 0.2) is 48.5 Å². The molecular weight excluding hydrogens is 380 g/mol. The molecule has 1 saturated heterocycles. The number of nitrogens with zero attached hydrogens (tertiary/aromatic N) is 2. The maximum atomic E-state index is 12.8. The van der Waals surface area contributed by atoms with Crippen molar-refractivity contribution in [2.45, 2.75) is 51.6 Å². The van der Waals surface area contributed by atoms with Crippen molar-refractivity contribution in [1.82, 2.24) is 9.88 Å². The molecule has 5 heteroatoms. The van der Waals surface area contributed by atoms with E-state index in [1.54, 1.807) is 11.3 Å². The van der Waals surface area contributed by atoms with E-state index in [1.807, 2.05) is 30.0 Å². The molecule has 0 N–H and O–H groups in total. The number of likely N-dealkylation sites (tertiary alicyclic amines) is 1. The Labute approximate surface area is 176 Å². The summed E-state index contributed by atoms with van der Waals surface area (Å²) >= 11 is 1.79. The summed E-state index contributed by atoms with van der Waals surface area (Å²) in [6, 6.07) is 16.3. The second-order valence-corrected chi connectivity index (χ2v) is 9.17. The molecular formula is C24H28N2O2S. The molecule has 4 nitrogen and oxygen atoms in total. The number of ether oxygens (including phenoxy) is 1. The first kappa shape index (κ1) is 19.9. The summed E-state index contributed by atoms with van der Waals surface area (Å²) in [7, 11) is 0. The molecule has 1 aromatic heterocycles. The van der Waals surface area contributed by atoms with Crippen molar-refractivity contribution >= 4 is 27.5 Å². The van der Waals surface area contributed by atoms with Crippen LogP contribution < -0.4 is 4.74 Å². The van der Waals surface area contributed by atoms with E-state index in [2.05, 4.69) is 44.2 Å². The SMILES string of the molecule is CC(Oc1ccc(C(C)C)cc1)C(=O)N1CCC(c2nc3ccccc3s2)CC1. The number of amides is 1. The number of rotatable bonds is 5. The Balaban J connectivity index is 1.33. The van der Waals surface area contributed by atoms with Crippen LogP contribution in [0, 0.1) is 0 Å². The fourth-order valence-corrected chi connectivity index (χ4v) is 4.99. The molecule has 152 valence electrons. The van der Waals surface area contributed by atoms with Crippen LogP contribution in [-0.2, 0) is 4.79 Å². The molecule has 0 saturated carbocycles. The summed E-state index contributed by atoms with van der Waals surface area (Å²) in [5.41, 5.74) is 2.35. The minimum atomic E-state index is -0.473. The third-order valence-electron chi connectivity index (χ3n) is 5.67. The van der Waals surface area contributed by atoms with Gasteiger partial charge >= 0.3 is 0 Å². The largest absolute Gasteiger partial charge is 0.481 e. The van der Waals surface area contributed by atoms with Gasteiger partial charge in [-0.15, -0.1) is 11.3 Å². The predicted octanol–water partition coefficient (Wildman–Crippen LogP) is 5.59. The summed E-state index contributed by atoms with van der Waals surface area (Å²) < 4.78 is 7.16. The topological polar surface area (TPSA) is 42.4 Å². The number of thiazole rings is 1. The molecule has 1 unspecified atom stereocenters. The van der Waals surface area contributed by atoms with E-state index in [0.29, 0.717) is 11.8 Å². The van der Waals surface area contributed by atoms with Crippen LogP contribution in [0.3, 0.4) is 0 Å². The van der Waals surface area contributed by atoms with E-state index in [4.69, 9.17) is 9.72 Å². The summed E-state index contributed by atoms with van der Waals surface area (Å²) in [6.45, 7) is 7.71. The molecule has 0 aliphatic carbocycles. The number of carbonyl (C=O) groups excluding carboxylic acids is 1. The number of aromatic nitrogens is 1. The Kier molecular flexibility index (Phi) is 5.86. The van der Waals surface area contributed by atoms with Gasteiger partial charge in [-0.3, -0.25) is 4.79 Å². The average Bonchev–Trinajstić information content (AvgIpc) is 3.18. The monoisotopic (exact) mass is 408 g/mol. The predicted molar refractivity (Wildman–Crippen MR) is 119 cm³/mol. The van der Waals surface area contributed by atoms with Gasteiger partial charge in [0.1, 0.15) is 5.75 Å². The van der Waals surface area contributed by atoms with Crippen LogP contribution in [0.4, 0.5) is 0 Å². The zero-order valence-corrected chi connectivity index (χ0v) is 18.1. The van der Waals surface area contributed by atoms with Crippen LogP contribution in [0.25, 0.3) is 10.2 Å². The van der Waals surface area contributed by atoms with Crippen molar-refractivity contribution in [1.29, 1.82) is 0 Å². The summed E-state index contributed by atoms with van der Waals surface area (Å²) in [5.74, 6) is 1.75. The van der Waals surface area contributed by atoms with Crippen molar-refractivity contribution in [2.24, 2.45) is 0 Å². The Morgan fingerprint density at radius 2 is 1.76 bits per heavy atom. The lowest BCUT2D eigenvalue weighted by molar-refractivity contribution is -0.139.